The minimum atomic E-state index is -0.196. The van der Waals surface area contributed by atoms with E-state index >= 15 is 0 Å². The van der Waals surface area contributed by atoms with Crippen molar-refractivity contribution >= 4 is 29.9 Å². The number of nitrogens with zero attached hydrogens (tertiary/aromatic N) is 4. The monoisotopic (exact) mass is 485 g/mol. The molecule has 3 rings (SSSR count). The normalized spacial score (nSPS) is 20.3. The molecule has 2 unspecified atom stereocenters. The van der Waals surface area contributed by atoms with E-state index < -0.39 is 0 Å². The molecule has 1 aromatic heterocycles. The molecule has 148 valence electrons. The Morgan fingerprint density at radius 3 is 2.78 bits per heavy atom. The molecule has 1 saturated heterocycles. The quantitative estimate of drug-likeness (QED) is 0.399. The van der Waals surface area contributed by atoms with E-state index in [0.717, 1.165) is 44.0 Å². The molecular formula is C20H29FIN5. The summed E-state index contributed by atoms with van der Waals surface area (Å²) >= 11 is 0. The molecule has 1 aliphatic heterocycles. The number of aliphatic imine (C=N–C) groups is 1. The molecule has 2 aromatic rings. The minimum absolute atomic E-state index is 0. The van der Waals surface area contributed by atoms with Crippen LogP contribution in [-0.2, 0) is 6.42 Å². The fraction of sp³-hybridized carbons (Fsp3) is 0.500. The average molecular weight is 485 g/mol. The van der Waals surface area contributed by atoms with Gasteiger partial charge in [0.15, 0.2) is 5.96 Å². The van der Waals surface area contributed by atoms with Crippen molar-refractivity contribution in [3.63, 3.8) is 0 Å². The number of nitrogens with one attached hydrogen (secondary N) is 1. The zero-order valence-corrected chi connectivity index (χ0v) is 18.3. The summed E-state index contributed by atoms with van der Waals surface area (Å²) in [6.07, 6.45) is 7.73. The fourth-order valence-electron chi connectivity index (χ4n) is 3.46. The van der Waals surface area contributed by atoms with Gasteiger partial charge in [0.25, 0.3) is 0 Å². The van der Waals surface area contributed by atoms with Crippen LogP contribution >= 0.6 is 24.0 Å². The highest BCUT2D eigenvalue weighted by atomic mass is 127. The predicted molar refractivity (Wildman–Crippen MR) is 118 cm³/mol. The molecule has 2 atom stereocenters. The highest BCUT2D eigenvalue weighted by molar-refractivity contribution is 14.0. The highest BCUT2D eigenvalue weighted by Crippen LogP contribution is 2.27. The van der Waals surface area contributed by atoms with Gasteiger partial charge >= 0.3 is 0 Å². The summed E-state index contributed by atoms with van der Waals surface area (Å²) in [7, 11) is 0. The Balaban J connectivity index is 0.00000261. The second-order valence-electron chi connectivity index (χ2n) is 6.90. The van der Waals surface area contributed by atoms with Gasteiger partial charge in [-0.3, -0.25) is 4.99 Å². The van der Waals surface area contributed by atoms with Gasteiger partial charge in [-0.15, -0.1) is 24.0 Å². The fourth-order valence-corrected chi connectivity index (χ4v) is 3.46. The van der Waals surface area contributed by atoms with E-state index in [1.54, 1.807) is 0 Å². The smallest absolute Gasteiger partial charge is 0.193 e. The van der Waals surface area contributed by atoms with Gasteiger partial charge in [0.2, 0.25) is 0 Å². The second kappa shape index (κ2) is 10.6. The summed E-state index contributed by atoms with van der Waals surface area (Å²) in [6.45, 7) is 7.87. The molecule has 0 spiro atoms. The van der Waals surface area contributed by atoms with Crippen molar-refractivity contribution in [2.75, 3.05) is 26.2 Å². The molecule has 7 heteroatoms. The first-order valence-electron chi connectivity index (χ1n) is 9.42. The zero-order chi connectivity index (χ0) is 18.4. The molecule has 0 aliphatic carbocycles. The van der Waals surface area contributed by atoms with Gasteiger partial charge in [-0.1, -0.05) is 19.1 Å². The lowest BCUT2D eigenvalue weighted by Crippen LogP contribution is -2.49. The molecule has 27 heavy (non-hydrogen) atoms. The number of likely N-dealkylation sites (tertiary alicyclic amines) is 1. The maximum Gasteiger partial charge on any atom is 0.193 e. The Morgan fingerprint density at radius 1 is 1.33 bits per heavy atom. The molecule has 2 heterocycles. The first kappa shape index (κ1) is 21.7. The Bertz CT molecular complexity index is 702. The number of hydrogen-bond acceptors (Lipinski definition) is 2. The SMILES string of the molecule is CCNC(=NCCc1ccc(F)cc1)N1CCC(C)C(n2ccnc2)C1.I. The van der Waals surface area contributed by atoms with Crippen LogP contribution in [0.1, 0.15) is 31.9 Å². The van der Waals surface area contributed by atoms with Crippen LogP contribution in [0.15, 0.2) is 48.0 Å². The number of halogens is 2. The number of aromatic nitrogens is 2. The van der Waals surface area contributed by atoms with Gasteiger partial charge in [0.1, 0.15) is 5.82 Å². The van der Waals surface area contributed by atoms with E-state index in [0.29, 0.717) is 18.5 Å². The van der Waals surface area contributed by atoms with Gasteiger partial charge in [-0.25, -0.2) is 9.37 Å². The van der Waals surface area contributed by atoms with Crippen molar-refractivity contribution in [1.29, 1.82) is 0 Å². The van der Waals surface area contributed by atoms with E-state index in [9.17, 15) is 4.39 Å². The van der Waals surface area contributed by atoms with E-state index in [2.05, 4.69) is 33.6 Å². The number of rotatable bonds is 5. The molecular weight excluding hydrogens is 456 g/mol. The van der Waals surface area contributed by atoms with E-state index in [-0.39, 0.29) is 29.8 Å². The van der Waals surface area contributed by atoms with Crippen molar-refractivity contribution in [1.82, 2.24) is 19.8 Å². The molecule has 1 aliphatic rings. The van der Waals surface area contributed by atoms with Gasteiger partial charge in [0.05, 0.1) is 12.4 Å². The van der Waals surface area contributed by atoms with Crippen LogP contribution in [0, 0.1) is 11.7 Å². The first-order chi connectivity index (χ1) is 12.7. The van der Waals surface area contributed by atoms with Gasteiger partial charge < -0.3 is 14.8 Å². The summed E-state index contributed by atoms with van der Waals surface area (Å²) in [5.41, 5.74) is 1.11. The van der Waals surface area contributed by atoms with Crippen molar-refractivity contribution in [3.8, 4) is 0 Å². The predicted octanol–water partition coefficient (Wildman–Crippen LogP) is 3.73. The number of guanidine groups is 1. The van der Waals surface area contributed by atoms with Crippen LogP contribution in [0.5, 0.6) is 0 Å². The molecule has 1 fully saturated rings. The molecule has 1 N–H and O–H groups in total. The van der Waals surface area contributed by atoms with Crippen molar-refractivity contribution < 1.29 is 4.39 Å². The maximum atomic E-state index is 13.0. The van der Waals surface area contributed by atoms with E-state index in [1.165, 1.54) is 12.1 Å². The van der Waals surface area contributed by atoms with Gasteiger partial charge in [-0.2, -0.15) is 0 Å². The molecule has 0 saturated carbocycles. The summed E-state index contributed by atoms with van der Waals surface area (Å²) in [4.78, 5) is 11.4. The number of imidazole rings is 1. The molecule has 5 nitrogen and oxygen atoms in total. The van der Waals surface area contributed by atoms with Crippen molar-refractivity contribution in [2.45, 2.75) is 32.7 Å². The Morgan fingerprint density at radius 2 is 2.11 bits per heavy atom. The zero-order valence-electron chi connectivity index (χ0n) is 16.0. The van der Waals surface area contributed by atoms with Crippen LogP contribution in [0.2, 0.25) is 0 Å². The van der Waals surface area contributed by atoms with Crippen molar-refractivity contribution in [3.05, 3.63) is 54.4 Å². The van der Waals surface area contributed by atoms with Crippen LogP contribution in [0.4, 0.5) is 4.39 Å². The average Bonchev–Trinajstić information content (AvgIpc) is 3.17. The maximum absolute atomic E-state index is 13.0. The lowest BCUT2D eigenvalue weighted by molar-refractivity contribution is 0.189. The lowest BCUT2D eigenvalue weighted by atomic mass is 9.93. The largest absolute Gasteiger partial charge is 0.357 e. The molecule has 0 radical (unpaired) electrons. The second-order valence-corrected chi connectivity index (χ2v) is 6.90. The van der Waals surface area contributed by atoms with Crippen LogP contribution < -0.4 is 5.32 Å². The summed E-state index contributed by atoms with van der Waals surface area (Å²) in [5, 5.41) is 3.42. The molecule has 0 amide bonds. The summed E-state index contributed by atoms with van der Waals surface area (Å²) in [6, 6.07) is 7.08. The molecule has 0 bridgehead atoms. The van der Waals surface area contributed by atoms with Crippen LogP contribution in [0.25, 0.3) is 0 Å². The Hall–Kier alpha value is -1.64. The molecule has 1 aromatic carbocycles. The third-order valence-electron chi connectivity index (χ3n) is 5.04. The highest BCUT2D eigenvalue weighted by Gasteiger charge is 2.28. The van der Waals surface area contributed by atoms with E-state index in [1.807, 2.05) is 30.9 Å². The third-order valence-corrected chi connectivity index (χ3v) is 5.04. The number of piperidine rings is 1. The Kier molecular flexibility index (Phi) is 8.53. The van der Waals surface area contributed by atoms with Gasteiger partial charge in [-0.05, 0) is 43.4 Å². The summed E-state index contributed by atoms with van der Waals surface area (Å²) < 4.78 is 15.2. The van der Waals surface area contributed by atoms with Crippen molar-refractivity contribution in [2.24, 2.45) is 10.9 Å². The standard InChI is InChI=1S/C20H28FN5.HI/c1-3-23-20(24-10-8-17-4-6-18(21)7-5-17)25-12-9-16(2)19(14-25)26-13-11-22-15-26;/h4-7,11,13,15-16,19H,3,8-10,12,14H2,1-2H3,(H,23,24);1H. The van der Waals surface area contributed by atoms with E-state index in [4.69, 9.17) is 4.99 Å². The van der Waals surface area contributed by atoms with Gasteiger partial charge in [0, 0.05) is 38.6 Å². The number of benzene rings is 1. The lowest BCUT2D eigenvalue weighted by Gasteiger charge is -2.39. The topological polar surface area (TPSA) is 45.5 Å². The van der Waals surface area contributed by atoms with Crippen LogP contribution in [0.3, 0.4) is 0 Å². The number of hydrogen-bond donors (Lipinski definition) is 1. The summed E-state index contributed by atoms with van der Waals surface area (Å²) in [5.74, 6) is 1.38. The minimum Gasteiger partial charge on any atom is -0.357 e. The first-order valence-corrected chi connectivity index (χ1v) is 9.42. The Labute approximate surface area is 178 Å². The van der Waals surface area contributed by atoms with Crippen LogP contribution in [-0.4, -0.2) is 46.6 Å². The third kappa shape index (κ3) is 5.92.